The van der Waals surface area contributed by atoms with Gasteiger partial charge in [-0.3, -0.25) is 0 Å². The molecule has 3 N–H and O–H groups in total. The molecule has 2 aromatic heterocycles. The Hall–Kier alpha value is -1.83. The Morgan fingerprint density at radius 2 is 1.67 bits per heavy atom. The van der Waals surface area contributed by atoms with Gasteiger partial charge in [0.15, 0.2) is 0 Å². The molecule has 7 nitrogen and oxygen atoms in total. The largest absolute Gasteiger partial charge is 0.411 e. The van der Waals surface area contributed by atoms with Gasteiger partial charge in [-0.2, -0.15) is 20.4 Å². The number of nitrogens with two attached hydrogens (primary N) is 1. The topological polar surface area (TPSA) is 110 Å². The van der Waals surface area contributed by atoms with Crippen molar-refractivity contribution in [3.63, 3.8) is 0 Å². The second-order valence-electron chi connectivity index (χ2n) is 3.78. The van der Waals surface area contributed by atoms with E-state index in [1.807, 2.05) is 13.0 Å². The number of hydrogen-bond donors (Lipinski definition) is 2. The van der Waals surface area contributed by atoms with Crippen LogP contribution < -0.4 is 5.73 Å². The minimum Gasteiger partial charge on any atom is -0.411 e. The molecule has 0 saturated heterocycles. The summed E-state index contributed by atoms with van der Waals surface area (Å²) in [5.74, 6) is 0. The standard InChI is InChI=1S/C6H7N3O.C6H9N3.2ClH/c1-5(9-10)6-2-3-7-8-4-6;1-5(7)6-2-3-8-9-4-6;;/h2-4,10H,1H3;2-5H,7H2,1H3;2*1H. The number of oxime groups is 1. The Kier molecular flexibility index (Phi) is 12.2. The van der Waals surface area contributed by atoms with Crippen molar-refractivity contribution in [2.45, 2.75) is 19.9 Å². The molecule has 0 aliphatic heterocycles. The van der Waals surface area contributed by atoms with Crippen LogP contribution in [0.1, 0.15) is 31.0 Å². The average Bonchev–Trinajstić information content (AvgIpc) is 2.49. The molecule has 1 atom stereocenters. The van der Waals surface area contributed by atoms with E-state index in [2.05, 4.69) is 25.6 Å². The summed E-state index contributed by atoms with van der Waals surface area (Å²) in [7, 11) is 0. The Bertz CT molecular complexity index is 510. The molecular formula is C12H18Cl2N6O. The first kappa shape index (κ1) is 21.5. The molecule has 21 heavy (non-hydrogen) atoms. The zero-order chi connectivity index (χ0) is 14.1. The van der Waals surface area contributed by atoms with Crippen molar-refractivity contribution in [3.05, 3.63) is 48.0 Å². The second kappa shape index (κ2) is 12.0. The molecular weight excluding hydrogens is 315 g/mol. The van der Waals surface area contributed by atoms with Crippen molar-refractivity contribution in [1.29, 1.82) is 0 Å². The summed E-state index contributed by atoms with van der Waals surface area (Å²) >= 11 is 0. The van der Waals surface area contributed by atoms with E-state index in [-0.39, 0.29) is 30.9 Å². The highest BCUT2D eigenvalue weighted by Gasteiger charge is 1.95. The molecule has 1 unspecified atom stereocenters. The van der Waals surface area contributed by atoms with Crippen LogP contribution in [0.4, 0.5) is 0 Å². The van der Waals surface area contributed by atoms with Gasteiger partial charge in [0.25, 0.3) is 0 Å². The van der Waals surface area contributed by atoms with Crippen LogP contribution >= 0.6 is 24.8 Å². The van der Waals surface area contributed by atoms with Crippen LogP contribution in [0.5, 0.6) is 0 Å². The number of halogens is 2. The van der Waals surface area contributed by atoms with Crippen LogP contribution in [0, 0.1) is 0 Å². The lowest BCUT2D eigenvalue weighted by atomic mass is 10.2. The third-order valence-electron chi connectivity index (χ3n) is 2.28. The minimum atomic E-state index is 0. The highest BCUT2D eigenvalue weighted by atomic mass is 35.5. The molecule has 0 bridgehead atoms. The van der Waals surface area contributed by atoms with E-state index in [9.17, 15) is 0 Å². The van der Waals surface area contributed by atoms with Gasteiger partial charge in [0, 0.05) is 17.8 Å². The van der Waals surface area contributed by atoms with Gasteiger partial charge >= 0.3 is 0 Å². The second-order valence-corrected chi connectivity index (χ2v) is 3.78. The molecule has 0 saturated carbocycles. The molecule has 0 amide bonds. The summed E-state index contributed by atoms with van der Waals surface area (Å²) < 4.78 is 0. The van der Waals surface area contributed by atoms with Crippen LogP contribution in [0.2, 0.25) is 0 Å². The van der Waals surface area contributed by atoms with Gasteiger partial charge in [-0.05, 0) is 31.5 Å². The van der Waals surface area contributed by atoms with Gasteiger partial charge in [0.05, 0.1) is 24.3 Å². The van der Waals surface area contributed by atoms with Crippen LogP contribution in [-0.4, -0.2) is 31.3 Å². The summed E-state index contributed by atoms with van der Waals surface area (Å²) in [6.07, 6.45) is 6.39. The summed E-state index contributed by atoms with van der Waals surface area (Å²) in [5, 5.41) is 25.8. The van der Waals surface area contributed by atoms with Gasteiger partial charge in [0.1, 0.15) is 0 Å². The zero-order valence-electron chi connectivity index (χ0n) is 11.6. The fourth-order valence-electron chi connectivity index (χ4n) is 1.13. The van der Waals surface area contributed by atoms with Crippen molar-refractivity contribution in [3.8, 4) is 0 Å². The normalized spacial score (nSPS) is 11.1. The smallest absolute Gasteiger partial charge is 0.0853 e. The predicted octanol–water partition coefficient (Wildman–Crippen LogP) is 2.01. The summed E-state index contributed by atoms with van der Waals surface area (Å²) in [4.78, 5) is 0. The van der Waals surface area contributed by atoms with Crippen molar-refractivity contribution < 1.29 is 5.21 Å². The lowest BCUT2D eigenvalue weighted by Gasteiger charge is -2.00. The number of nitrogens with zero attached hydrogens (tertiary/aromatic N) is 5. The van der Waals surface area contributed by atoms with E-state index in [1.54, 1.807) is 31.6 Å². The summed E-state index contributed by atoms with van der Waals surface area (Å²) in [6.45, 7) is 3.61. The average molecular weight is 333 g/mol. The minimum absolute atomic E-state index is 0. The van der Waals surface area contributed by atoms with Crippen LogP contribution in [0.15, 0.2) is 42.1 Å². The molecule has 116 valence electrons. The van der Waals surface area contributed by atoms with Gasteiger partial charge in [-0.25, -0.2) is 0 Å². The maximum absolute atomic E-state index is 8.33. The monoisotopic (exact) mass is 332 g/mol. The zero-order valence-corrected chi connectivity index (χ0v) is 13.3. The van der Waals surface area contributed by atoms with Crippen LogP contribution in [0.25, 0.3) is 0 Å². The van der Waals surface area contributed by atoms with E-state index >= 15 is 0 Å². The third-order valence-corrected chi connectivity index (χ3v) is 2.28. The highest BCUT2D eigenvalue weighted by Crippen LogP contribution is 2.03. The Morgan fingerprint density at radius 3 is 2.00 bits per heavy atom. The van der Waals surface area contributed by atoms with Crippen molar-refractivity contribution in [2.75, 3.05) is 0 Å². The number of aromatic nitrogens is 4. The van der Waals surface area contributed by atoms with Crippen LogP contribution in [-0.2, 0) is 0 Å². The molecule has 0 spiro atoms. The molecule has 0 aliphatic rings. The highest BCUT2D eigenvalue weighted by molar-refractivity contribution is 5.97. The van der Waals surface area contributed by atoms with E-state index in [4.69, 9.17) is 10.9 Å². The SMILES string of the molecule is CC(=NO)c1ccnnc1.CC(N)c1ccnnc1.Cl.Cl. The molecule has 2 heterocycles. The lowest BCUT2D eigenvalue weighted by molar-refractivity contribution is 0.319. The fraction of sp³-hybridized carbons (Fsp3) is 0.250. The molecule has 2 aromatic rings. The summed E-state index contributed by atoms with van der Waals surface area (Å²) in [5.41, 5.74) is 7.88. The molecule has 0 radical (unpaired) electrons. The maximum Gasteiger partial charge on any atom is 0.0853 e. The molecule has 0 fully saturated rings. The van der Waals surface area contributed by atoms with Crippen molar-refractivity contribution >= 4 is 30.5 Å². The van der Waals surface area contributed by atoms with Crippen molar-refractivity contribution in [1.82, 2.24) is 20.4 Å². The Morgan fingerprint density at radius 1 is 1.10 bits per heavy atom. The van der Waals surface area contributed by atoms with Gasteiger partial charge < -0.3 is 10.9 Å². The molecule has 0 aromatic carbocycles. The van der Waals surface area contributed by atoms with Crippen LogP contribution in [0.3, 0.4) is 0 Å². The van der Waals surface area contributed by atoms with E-state index in [0.29, 0.717) is 5.71 Å². The van der Waals surface area contributed by atoms with E-state index in [0.717, 1.165) is 11.1 Å². The molecule has 2 rings (SSSR count). The van der Waals surface area contributed by atoms with Gasteiger partial charge in [-0.1, -0.05) is 5.16 Å². The van der Waals surface area contributed by atoms with E-state index in [1.165, 1.54) is 6.20 Å². The maximum atomic E-state index is 8.33. The number of rotatable bonds is 2. The first-order valence-electron chi connectivity index (χ1n) is 5.63. The number of hydrogen-bond acceptors (Lipinski definition) is 7. The third kappa shape index (κ3) is 8.13. The Labute approximate surface area is 135 Å². The van der Waals surface area contributed by atoms with Gasteiger partial charge in [-0.15, -0.1) is 24.8 Å². The fourth-order valence-corrected chi connectivity index (χ4v) is 1.13. The lowest BCUT2D eigenvalue weighted by Crippen LogP contribution is -2.04. The predicted molar refractivity (Wildman–Crippen MR) is 85.2 cm³/mol. The first-order chi connectivity index (χ1) is 9.15. The molecule has 9 heteroatoms. The van der Waals surface area contributed by atoms with Crippen molar-refractivity contribution in [2.24, 2.45) is 10.9 Å². The summed E-state index contributed by atoms with van der Waals surface area (Å²) in [6, 6.07) is 3.64. The van der Waals surface area contributed by atoms with Gasteiger partial charge in [0.2, 0.25) is 0 Å². The molecule has 0 aliphatic carbocycles. The quantitative estimate of drug-likeness (QED) is 0.494. The first-order valence-corrected chi connectivity index (χ1v) is 5.63. The van der Waals surface area contributed by atoms with E-state index < -0.39 is 0 Å². The Balaban J connectivity index is 0.